The lowest BCUT2D eigenvalue weighted by atomic mass is 9.88. The number of H-pyrrole nitrogens is 1. The Balaban J connectivity index is 1.46. The van der Waals surface area contributed by atoms with Gasteiger partial charge in [0.1, 0.15) is 6.04 Å². The molecule has 4 heteroatoms. The van der Waals surface area contributed by atoms with E-state index in [1.54, 1.807) is 0 Å². The smallest absolute Gasteiger partial charge is 0.325 e. The number of likely N-dealkylation sites (tertiary alicyclic amines) is 1. The van der Waals surface area contributed by atoms with Crippen LogP contribution in [0.4, 0.5) is 0 Å². The minimum Gasteiger partial charge on any atom is -0.480 e. The molecular weight excluding hydrogens is 396 g/mol. The van der Waals surface area contributed by atoms with Gasteiger partial charge < -0.3 is 10.1 Å². The van der Waals surface area contributed by atoms with Crippen molar-refractivity contribution < 1.29 is 9.90 Å². The van der Waals surface area contributed by atoms with Crippen LogP contribution in [0.1, 0.15) is 30.0 Å². The van der Waals surface area contributed by atoms with Gasteiger partial charge in [-0.3, -0.25) is 9.69 Å². The number of fused-ring (bicyclic) bond motifs is 1. The first-order chi connectivity index (χ1) is 15.7. The molecular formula is C28H28N2O2. The second-order valence-corrected chi connectivity index (χ2v) is 8.74. The van der Waals surface area contributed by atoms with Gasteiger partial charge in [-0.25, -0.2) is 0 Å². The number of aromatic amines is 1. The van der Waals surface area contributed by atoms with Crippen molar-refractivity contribution in [2.75, 3.05) is 13.1 Å². The van der Waals surface area contributed by atoms with E-state index < -0.39 is 12.0 Å². The molecule has 0 radical (unpaired) electrons. The number of nitrogens with one attached hydrogen (secondary N) is 1. The summed E-state index contributed by atoms with van der Waals surface area (Å²) in [5, 5.41) is 11.4. The number of hydrogen-bond acceptors (Lipinski definition) is 2. The maximum Gasteiger partial charge on any atom is 0.325 e. The first kappa shape index (κ1) is 20.5. The van der Waals surface area contributed by atoms with E-state index in [1.165, 1.54) is 5.56 Å². The van der Waals surface area contributed by atoms with Gasteiger partial charge in [0.15, 0.2) is 0 Å². The highest BCUT2D eigenvalue weighted by molar-refractivity contribution is 5.95. The van der Waals surface area contributed by atoms with Gasteiger partial charge in [0.05, 0.1) is 5.69 Å². The zero-order chi connectivity index (χ0) is 21.9. The van der Waals surface area contributed by atoms with E-state index in [1.807, 2.05) is 54.6 Å². The van der Waals surface area contributed by atoms with E-state index in [2.05, 4.69) is 40.2 Å². The van der Waals surface area contributed by atoms with Crippen LogP contribution in [0.15, 0.2) is 84.9 Å². The predicted molar refractivity (Wildman–Crippen MR) is 129 cm³/mol. The predicted octanol–water partition coefficient (Wildman–Crippen LogP) is 5.92. The standard InChI is InChI=1S/C28H28N2O2/c31-28(32)27(30-17-15-21(16-18-30)19-20-9-3-1-4-10-20)25-23-13-7-8-14-24(23)29-26(25)22-11-5-2-6-12-22/h1-14,21,27,29H,15-19H2,(H,31,32)/t27-/m1/s1. The largest absolute Gasteiger partial charge is 0.480 e. The van der Waals surface area contributed by atoms with Gasteiger partial charge in [0.25, 0.3) is 0 Å². The first-order valence-electron chi connectivity index (χ1n) is 11.4. The average molecular weight is 425 g/mol. The summed E-state index contributed by atoms with van der Waals surface area (Å²) < 4.78 is 0. The summed E-state index contributed by atoms with van der Waals surface area (Å²) in [6, 6.07) is 28.0. The molecule has 1 fully saturated rings. The van der Waals surface area contributed by atoms with E-state index >= 15 is 0 Å². The second-order valence-electron chi connectivity index (χ2n) is 8.74. The SMILES string of the molecule is O=C(O)[C@@H](c1c(-c2ccccc2)[nH]c2ccccc12)N1CCC(Cc2ccccc2)CC1. The van der Waals surface area contributed by atoms with Crippen LogP contribution in [0.3, 0.4) is 0 Å². The van der Waals surface area contributed by atoms with Crippen LogP contribution in [-0.2, 0) is 11.2 Å². The van der Waals surface area contributed by atoms with E-state index in [0.29, 0.717) is 5.92 Å². The van der Waals surface area contributed by atoms with Crippen LogP contribution in [0.25, 0.3) is 22.2 Å². The van der Waals surface area contributed by atoms with Gasteiger partial charge >= 0.3 is 5.97 Å². The third-order valence-corrected chi connectivity index (χ3v) is 6.70. The summed E-state index contributed by atoms with van der Waals surface area (Å²) in [6.45, 7) is 1.59. The summed E-state index contributed by atoms with van der Waals surface area (Å²) in [5.74, 6) is -0.187. The number of carboxylic acids is 1. The maximum atomic E-state index is 12.6. The van der Waals surface area contributed by atoms with Crippen LogP contribution in [-0.4, -0.2) is 34.0 Å². The van der Waals surface area contributed by atoms with Gasteiger partial charge in [-0.05, 0) is 55.5 Å². The molecule has 162 valence electrons. The number of carboxylic acid groups (broad SMARTS) is 1. The van der Waals surface area contributed by atoms with Crippen molar-refractivity contribution in [1.29, 1.82) is 0 Å². The molecule has 0 spiro atoms. The molecule has 1 aromatic heterocycles. The Morgan fingerprint density at radius 2 is 1.53 bits per heavy atom. The zero-order valence-corrected chi connectivity index (χ0v) is 18.1. The van der Waals surface area contributed by atoms with Crippen LogP contribution in [0.2, 0.25) is 0 Å². The molecule has 0 aliphatic carbocycles. The van der Waals surface area contributed by atoms with Gasteiger partial charge in [0.2, 0.25) is 0 Å². The number of hydrogen-bond donors (Lipinski definition) is 2. The molecule has 0 unspecified atom stereocenters. The number of para-hydroxylation sites is 1. The van der Waals surface area contributed by atoms with Crippen molar-refractivity contribution in [3.8, 4) is 11.3 Å². The molecule has 0 saturated carbocycles. The van der Waals surface area contributed by atoms with Crippen LogP contribution >= 0.6 is 0 Å². The fourth-order valence-corrected chi connectivity index (χ4v) is 5.11. The van der Waals surface area contributed by atoms with Crippen molar-refractivity contribution in [1.82, 2.24) is 9.88 Å². The monoisotopic (exact) mass is 424 g/mol. The van der Waals surface area contributed by atoms with Crippen molar-refractivity contribution in [2.45, 2.75) is 25.3 Å². The molecule has 0 bridgehead atoms. The van der Waals surface area contributed by atoms with E-state index in [4.69, 9.17) is 0 Å². The van der Waals surface area contributed by atoms with E-state index in [-0.39, 0.29) is 0 Å². The Labute approximate surface area is 188 Å². The number of rotatable bonds is 6. The topological polar surface area (TPSA) is 56.3 Å². The van der Waals surface area contributed by atoms with Crippen molar-refractivity contribution in [3.05, 3.63) is 96.1 Å². The highest BCUT2D eigenvalue weighted by Gasteiger charge is 2.34. The molecule has 4 nitrogen and oxygen atoms in total. The highest BCUT2D eigenvalue weighted by Crippen LogP contribution is 2.39. The molecule has 0 amide bonds. The molecule has 2 N–H and O–H groups in total. The molecule has 3 aromatic carbocycles. The Kier molecular flexibility index (Phi) is 5.78. The Bertz CT molecular complexity index is 1190. The maximum absolute atomic E-state index is 12.6. The zero-order valence-electron chi connectivity index (χ0n) is 18.1. The van der Waals surface area contributed by atoms with Crippen LogP contribution in [0, 0.1) is 5.92 Å². The summed E-state index contributed by atoms with van der Waals surface area (Å²) in [7, 11) is 0. The fraction of sp³-hybridized carbons (Fsp3) is 0.250. The van der Waals surface area contributed by atoms with E-state index in [9.17, 15) is 9.90 Å². The Hall–Kier alpha value is -3.37. The fourth-order valence-electron chi connectivity index (χ4n) is 5.11. The third kappa shape index (κ3) is 4.06. The van der Waals surface area contributed by atoms with Crippen LogP contribution in [0.5, 0.6) is 0 Å². The molecule has 1 aliphatic heterocycles. The lowest BCUT2D eigenvalue weighted by Gasteiger charge is -2.36. The lowest BCUT2D eigenvalue weighted by molar-refractivity contribution is -0.144. The lowest BCUT2D eigenvalue weighted by Crippen LogP contribution is -2.40. The Morgan fingerprint density at radius 3 is 2.22 bits per heavy atom. The highest BCUT2D eigenvalue weighted by atomic mass is 16.4. The quantitative estimate of drug-likeness (QED) is 0.404. The van der Waals surface area contributed by atoms with Gasteiger partial charge in [-0.15, -0.1) is 0 Å². The van der Waals surface area contributed by atoms with E-state index in [0.717, 1.165) is 60.1 Å². The summed E-state index contributed by atoms with van der Waals surface area (Å²) in [6.07, 6.45) is 3.10. The molecule has 1 aliphatic rings. The first-order valence-corrected chi connectivity index (χ1v) is 11.4. The van der Waals surface area contributed by atoms with Crippen molar-refractivity contribution >= 4 is 16.9 Å². The normalized spacial score (nSPS) is 16.2. The Morgan fingerprint density at radius 1 is 0.906 bits per heavy atom. The van der Waals surface area contributed by atoms with Crippen molar-refractivity contribution in [2.24, 2.45) is 5.92 Å². The molecule has 5 rings (SSSR count). The second kappa shape index (κ2) is 9.01. The summed E-state index contributed by atoms with van der Waals surface area (Å²) >= 11 is 0. The minimum atomic E-state index is -0.784. The van der Waals surface area contributed by atoms with Crippen molar-refractivity contribution in [3.63, 3.8) is 0 Å². The van der Waals surface area contributed by atoms with Gasteiger partial charge in [-0.2, -0.15) is 0 Å². The molecule has 1 saturated heterocycles. The average Bonchev–Trinajstić information content (AvgIpc) is 3.21. The summed E-state index contributed by atoms with van der Waals surface area (Å²) in [4.78, 5) is 18.3. The molecule has 32 heavy (non-hydrogen) atoms. The number of piperidine rings is 1. The van der Waals surface area contributed by atoms with Crippen LogP contribution < -0.4 is 0 Å². The number of aromatic nitrogens is 1. The minimum absolute atomic E-state index is 0.597. The number of nitrogens with zero attached hydrogens (tertiary/aromatic N) is 1. The summed E-state index contributed by atoms with van der Waals surface area (Å²) in [5.41, 5.74) is 5.14. The molecule has 2 heterocycles. The van der Waals surface area contributed by atoms with Gasteiger partial charge in [-0.1, -0.05) is 78.9 Å². The number of carbonyl (C=O) groups is 1. The number of benzene rings is 3. The van der Waals surface area contributed by atoms with Gasteiger partial charge in [0, 0.05) is 16.5 Å². The molecule has 4 aromatic rings. The number of aliphatic carboxylic acids is 1. The third-order valence-electron chi connectivity index (χ3n) is 6.70. The molecule has 1 atom stereocenters.